The number of thiocarbonyl (C=S) groups is 1. The number of hydrogen-bond acceptors (Lipinski definition) is 4. The van der Waals surface area contributed by atoms with Crippen molar-refractivity contribution < 1.29 is 4.79 Å². The Kier molecular flexibility index (Phi) is 4.13. The van der Waals surface area contributed by atoms with Gasteiger partial charge in [-0.1, -0.05) is 29.3 Å². The van der Waals surface area contributed by atoms with E-state index in [0.29, 0.717) is 10.0 Å². The summed E-state index contributed by atoms with van der Waals surface area (Å²) in [5.41, 5.74) is 6.00. The summed E-state index contributed by atoms with van der Waals surface area (Å²) in [7, 11) is 0. The Bertz CT molecular complexity index is 519. The monoisotopic (exact) mass is 302 g/mol. The SMILES string of the molecule is O=C1CNNC(=S)N1/N=C/c1ccc(Cl)c(Cl)c1. The van der Waals surface area contributed by atoms with Crippen LogP contribution in [0.4, 0.5) is 0 Å². The zero-order chi connectivity index (χ0) is 13.1. The molecule has 1 amide bonds. The summed E-state index contributed by atoms with van der Waals surface area (Å²) < 4.78 is 0. The highest BCUT2D eigenvalue weighted by Crippen LogP contribution is 2.21. The van der Waals surface area contributed by atoms with Crippen LogP contribution in [0.3, 0.4) is 0 Å². The smallest absolute Gasteiger partial charge is 0.265 e. The first-order chi connectivity index (χ1) is 8.58. The molecule has 1 saturated heterocycles. The first-order valence-corrected chi connectivity index (χ1v) is 6.09. The third-order valence-electron chi connectivity index (χ3n) is 2.13. The Labute approximate surface area is 119 Å². The van der Waals surface area contributed by atoms with Crippen LogP contribution in [0.15, 0.2) is 23.3 Å². The lowest BCUT2D eigenvalue weighted by molar-refractivity contribution is -0.127. The molecule has 1 aliphatic heterocycles. The lowest BCUT2D eigenvalue weighted by Gasteiger charge is -2.23. The highest BCUT2D eigenvalue weighted by molar-refractivity contribution is 7.80. The number of carbonyl (C=O) groups excluding carboxylic acids is 1. The van der Waals surface area contributed by atoms with Gasteiger partial charge in [-0.3, -0.25) is 10.2 Å². The third kappa shape index (κ3) is 2.97. The first-order valence-electron chi connectivity index (χ1n) is 4.93. The Hall–Kier alpha value is -1.21. The first kappa shape index (κ1) is 13.2. The zero-order valence-electron chi connectivity index (χ0n) is 8.98. The molecular formula is C10H8Cl2N4OS. The predicted molar refractivity (Wildman–Crippen MR) is 74.6 cm³/mol. The van der Waals surface area contributed by atoms with Gasteiger partial charge >= 0.3 is 0 Å². The number of hydrazone groups is 1. The lowest BCUT2D eigenvalue weighted by atomic mass is 10.2. The van der Waals surface area contributed by atoms with E-state index in [2.05, 4.69) is 16.0 Å². The Morgan fingerprint density at radius 2 is 2.17 bits per heavy atom. The van der Waals surface area contributed by atoms with E-state index in [1.807, 2.05) is 0 Å². The lowest BCUT2D eigenvalue weighted by Crippen LogP contribution is -2.56. The molecule has 94 valence electrons. The standard InChI is InChI=1S/C10H8Cl2N4OS/c11-7-2-1-6(3-8(7)12)4-14-16-9(17)5-13-15-10(16)18/h1-4,13H,5H2,(H,15,18)/b14-4+. The number of amides is 1. The summed E-state index contributed by atoms with van der Waals surface area (Å²) in [6.45, 7) is 0.124. The Morgan fingerprint density at radius 1 is 1.39 bits per heavy atom. The molecule has 2 rings (SSSR count). The average molecular weight is 303 g/mol. The molecule has 8 heteroatoms. The van der Waals surface area contributed by atoms with Gasteiger partial charge in [0.1, 0.15) is 0 Å². The fourth-order valence-corrected chi connectivity index (χ4v) is 1.80. The van der Waals surface area contributed by atoms with E-state index >= 15 is 0 Å². The summed E-state index contributed by atoms with van der Waals surface area (Å²) in [6, 6.07) is 5.04. The number of nitrogens with zero attached hydrogens (tertiary/aromatic N) is 2. The summed E-state index contributed by atoms with van der Waals surface area (Å²) >= 11 is 16.6. The Balaban J connectivity index is 2.16. The number of rotatable bonds is 2. The fourth-order valence-electron chi connectivity index (χ4n) is 1.27. The highest BCUT2D eigenvalue weighted by Gasteiger charge is 2.21. The average Bonchev–Trinajstić information content (AvgIpc) is 2.33. The van der Waals surface area contributed by atoms with Crippen LogP contribution in [0, 0.1) is 0 Å². The van der Waals surface area contributed by atoms with Crippen LogP contribution in [0.25, 0.3) is 0 Å². The van der Waals surface area contributed by atoms with Crippen LogP contribution in [0.1, 0.15) is 5.56 Å². The molecule has 0 unspecified atom stereocenters. The van der Waals surface area contributed by atoms with E-state index in [1.165, 1.54) is 6.21 Å². The molecule has 1 heterocycles. The van der Waals surface area contributed by atoms with Gasteiger partial charge < -0.3 is 0 Å². The van der Waals surface area contributed by atoms with Gasteiger partial charge in [-0.2, -0.15) is 10.1 Å². The van der Waals surface area contributed by atoms with E-state index in [9.17, 15) is 4.79 Å². The molecular weight excluding hydrogens is 295 g/mol. The van der Waals surface area contributed by atoms with E-state index in [4.69, 9.17) is 35.4 Å². The summed E-state index contributed by atoms with van der Waals surface area (Å²) in [4.78, 5) is 11.5. The minimum Gasteiger partial charge on any atom is -0.296 e. The summed E-state index contributed by atoms with van der Waals surface area (Å²) in [6.07, 6.45) is 1.49. The van der Waals surface area contributed by atoms with Gasteiger partial charge in [-0.15, -0.1) is 0 Å². The van der Waals surface area contributed by atoms with Crippen LogP contribution in [0.2, 0.25) is 10.0 Å². The molecule has 0 bridgehead atoms. The van der Waals surface area contributed by atoms with Gasteiger partial charge in [0.15, 0.2) is 0 Å². The number of benzene rings is 1. The zero-order valence-corrected chi connectivity index (χ0v) is 11.3. The maximum Gasteiger partial charge on any atom is 0.265 e. The van der Waals surface area contributed by atoms with Gasteiger partial charge in [0, 0.05) is 0 Å². The van der Waals surface area contributed by atoms with Crippen molar-refractivity contribution in [2.75, 3.05) is 6.54 Å². The second-order valence-corrected chi connectivity index (χ2v) is 4.61. The maximum atomic E-state index is 11.5. The molecule has 1 fully saturated rings. The fraction of sp³-hybridized carbons (Fsp3) is 0.100. The van der Waals surface area contributed by atoms with Gasteiger partial charge in [0.25, 0.3) is 5.91 Å². The van der Waals surface area contributed by atoms with Crippen molar-refractivity contribution in [3.8, 4) is 0 Å². The molecule has 0 radical (unpaired) electrons. The largest absolute Gasteiger partial charge is 0.296 e. The molecule has 0 aromatic heterocycles. The van der Waals surface area contributed by atoms with Crippen molar-refractivity contribution >= 4 is 52.7 Å². The van der Waals surface area contributed by atoms with E-state index < -0.39 is 0 Å². The van der Waals surface area contributed by atoms with Crippen molar-refractivity contribution in [3.05, 3.63) is 33.8 Å². The normalized spacial score (nSPS) is 16.2. The van der Waals surface area contributed by atoms with Crippen LogP contribution < -0.4 is 10.9 Å². The molecule has 2 N–H and O–H groups in total. The second-order valence-electron chi connectivity index (χ2n) is 3.41. The second kappa shape index (κ2) is 5.62. The molecule has 18 heavy (non-hydrogen) atoms. The van der Waals surface area contributed by atoms with Gasteiger partial charge in [0.2, 0.25) is 5.11 Å². The molecule has 0 atom stereocenters. The molecule has 1 aromatic carbocycles. The minimum absolute atomic E-state index is 0.124. The van der Waals surface area contributed by atoms with Crippen LogP contribution in [0.5, 0.6) is 0 Å². The predicted octanol–water partition coefficient (Wildman–Crippen LogP) is 1.55. The number of hydrazine groups is 1. The van der Waals surface area contributed by atoms with Crippen molar-refractivity contribution in [2.24, 2.45) is 5.10 Å². The van der Waals surface area contributed by atoms with E-state index in [1.54, 1.807) is 18.2 Å². The molecule has 0 spiro atoms. The van der Waals surface area contributed by atoms with Gasteiger partial charge in [0.05, 0.1) is 22.8 Å². The number of carbonyl (C=O) groups is 1. The quantitative estimate of drug-likeness (QED) is 0.643. The number of hydrogen-bond donors (Lipinski definition) is 2. The van der Waals surface area contributed by atoms with Crippen molar-refractivity contribution in [1.29, 1.82) is 0 Å². The molecule has 5 nitrogen and oxygen atoms in total. The summed E-state index contributed by atoms with van der Waals surface area (Å²) in [5, 5.41) is 6.19. The van der Waals surface area contributed by atoms with Gasteiger partial charge in [-0.05, 0) is 29.9 Å². The molecule has 1 aromatic rings. The number of nitrogens with one attached hydrogen (secondary N) is 2. The van der Waals surface area contributed by atoms with E-state index in [0.717, 1.165) is 10.6 Å². The molecule has 0 aliphatic carbocycles. The minimum atomic E-state index is -0.241. The van der Waals surface area contributed by atoms with Crippen LogP contribution in [-0.2, 0) is 4.79 Å². The molecule has 0 saturated carbocycles. The van der Waals surface area contributed by atoms with Gasteiger partial charge in [-0.25, -0.2) is 5.43 Å². The number of halogens is 2. The van der Waals surface area contributed by atoms with Crippen LogP contribution >= 0.6 is 35.4 Å². The Morgan fingerprint density at radius 3 is 2.83 bits per heavy atom. The van der Waals surface area contributed by atoms with Crippen LogP contribution in [-0.4, -0.2) is 28.8 Å². The summed E-state index contributed by atoms with van der Waals surface area (Å²) in [5.74, 6) is -0.241. The van der Waals surface area contributed by atoms with E-state index in [-0.39, 0.29) is 17.6 Å². The topological polar surface area (TPSA) is 56.7 Å². The third-order valence-corrected chi connectivity index (χ3v) is 3.14. The van der Waals surface area contributed by atoms with Crippen molar-refractivity contribution in [2.45, 2.75) is 0 Å². The maximum absolute atomic E-state index is 11.5. The van der Waals surface area contributed by atoms with Crippen molar-refractivity contribution in [1.82, 2.24) is 15.9 Å². The van der Waals surface area contributed by atoms with Crippen molar-refractivity contribution in [3.63, 3.8) is 0 Å². The molecule has 1 aliphatic rings. The highest BCUT2D eigenvalue weighted by atomic mass is 35.5.